The highest BCUT2D eigenvalue weighted by atomic mass is 32.2. The van der Waals surface area contributed by atoms with Crippen molar-refractivity contribution in [2.75, 3.05) is 5.75 Å². The summed E-state index contributed by atoms with van der Waals surface area (Å²) in [5, 5.41) is 0.931. The second kappa shape index (κ2) is 2.08. The van der Waals surface area contributed by atoms with Crippen LogP contribution in [-0.4, -0.2) is 11.0 Å². The van der Waals surface area contributed by atoms with Gasteiger partial charge in [0.2, 0.25) is 0 Å². The molecular formula is C6H12S. The van der Waals surface area contributed by atoms with Crippen molar-refractivity contribution in [3.63, 3.8) is 0 Å². The molecule has 1 fully saturated rings. The Bertz CT molecular complexity index is 53.2. The first-order valence-corrected chi connectivity index (χ1v) is 3.97. The molecule has 0 aromatic rings. The third-order valence-electron chi connectivity index (χ3n) is 1.76. The Balaban J connectivity index is 2.33. The van der Waals surface area contributed by atoms with E-state index in [0.717, 1.165) is 11.2 Å². The van der Waals surface area contributed by atoms with Crippen LogP contribution in [0, 0.1) is 5.92 Å². The second-order valence-electron chi connectivity index (χ2n) is 2.34. The van der Waals surface area contributed by atoms with Crippen molar-refractivity contribution in [2.24, 2.45) is 5.92 Å². The van der Waals surface area contributed by atoms with Gasteiger partial charge in [0.25, 0.3) is 0 Å². The van der Waals surface area contributed by atoms with E-state index >= 15 is 0 Å². The smallest absolute Gasteiger partial charge is 0.00446 e. The molecule has 1 heteroatoms. The van der Waals surface area contributed by atoms with Gasteiger partial charge in [-0.1, -0.05) is 13.8 Å². The molecule has 0 bridgehead atoms. The molecule has 0 saturated carbocycles. The fourth-order valence-electron chi connectivity index (χ4n) is 0.839. The quantitative estimate of drug-likeness (QED) is 0.467. The fourth-order valence-corrected chi connectivity index (χ4v) is 2.18. The normalized spacial score (nSPS) is 42.0. The van der Waals surface area contributed by atoms with Gasteiger partial charge in [-0.3, -0.25) is 0 Å². The first-order chi connectivity index (χ1) is 3.30. The van der Waals surface area contributed by atoms with Crippen LogP contribution in [0.3, 0.4) is 0 Å². The molecule has 0 spiro atoms. The Hall–Kier alpha value is 0.350. The maximum atomic E-state index is 2.34. The second-order valence-corrected chi connectivity index (χ2v) is 3.83. The average Bonchev–Trinajstić information content (AvgIpc) is 1.91. The number of hydrogen-bond donors (Lipinski definition) is 0. The highest BCUT2D eigenvalue weighted by Crippen LogP contribution is 2.30. The molecule has 0 aromatic carbocycles. The lowest BCUT2D eigenvalue weighted by molar-refractivity contribution is 0.590. The minimum atomic E-state index is 0.931. The van der Waals surface area contributed by atoms with Crippen LogP contribution in [0.5, 0.6) is 0 Å². The Kier molecular flexibility index (Phi) is 1.63. The Morgan fingerprint density at radius 3 is 2.29 bits per heavy atom. The van der Waals surface area contributed by atoms with Crippen molar-refractivity contribution in [2.45, 2.75) is 25.5 Å². The molecule has 0 nitrogen and oxygen atoms in total. The summed E-state index contributed by atoms with van der Waals surface area (Å²) in [5.74, 6) is 2.37. The van der Waals surface area contributed by atoms with Gasteiger partial charge in [0.15, 0.2) is 0 Å². The molecule has 0 amide bonds. The van der Waals surface area contributed by atoms with E-state index < -0.39 is 0 Å². The molecule has 42 valence electrons. The van der Waals surface area contributed by atoms with Crippen LogP contribution < -0.4 is 0 Å². The lowest BCUT2D eigenvalue weighted by Gasteiger charge is -2.04. The minimum absolute atomic E-state index is 0.931. The molecule has 1 saturated heterocycles. The van der Waals surface area contributed by atoms with E-state index in [1.54, 1.807) is 0 Å². The predicted molar refractivity (Wildman–Crippen MR) is 35.7 cm³/mol. The topological polar surface area (TPSA) is 0 Å². The number of hydrogen-bond acceptors (Lipinski definition) is 1. The zero-order chi connectivity index (χ0) is 5.28. The van der Waals surface area contributed by atoms with Gasteiger partial charge in [-0.2, -0.15) is 11.8 Å². The van der Waals surface area contributed by atoms with Gasteiger partial charge in [0, 0.05) is 5.25 Å². The molecule has 1 aliphatic heterocycles. The molecule has 2 unspecified atom stereocenters. The summed E-state index contributed by atoms with van der Waals surface area (Å²) in [7, 11) is 0. The van der Waals surface area contributed by atoms with Gasteiger partial charge in [-0.05, 0) is 18.1 Å². The molecule has 0 aromatic heterocycles. The summed E-state index contributed by atoms with van der Waals surface area (Å²) < 4.78 is 0. The molecule has 1 aliphatic rings. The van der Waals surface area contributed by atoms with Gasteiger partial charge in [-0.25, -0.2) is 0 Å². The average molecular weight is 116 g/mol. The van der Waals surface area contributed by atoms with Crippen molar-refractivity contribution in [3.8, 4) is 0 Å². The van der Waals surface area contributed by atoms with Gasteiger partial charge in [-0.15, -0.1) is 0 Å². The number of rotatable bonds is 0. The van der Waals surface area contributed by atoms with Crippen LogP contribution >= 0.6 is 11.8 Å². The van der Waals surface area contributed by atoms with Gasteiger partial charge in [0.1, 0.15) is 0 Å². The standard InChI is InChI=1S/C6H12S/c1-5-3-4-7-6(5)2/h5-6H,3-4H2,1-2H3. The van der Waals surface area contributed by atoms with Crippen LogP contribution in [0.2, 0.25) is 0 Å². The summed E-state index contributed by atoms with van der Waals surface area (Å²) in [6, 6.07) is 0. The van der Waals surface area contributed by atoms with Crippen LogP contribution in [0.4, 0.5) is 0 Å². The van der Waals surface area contributed by atoms with E-state index in [2.05, 4.69) is 25.6 Å². The Morgan fingerprint density at radius 1 is 1.43 bits per heavy atom. The van der Waals surface area contributed by atoms with Crippen LogP contribution in [0.25, 0.3) is 0 Å². The van der Waals surface area contributed by atoms with E-state index in [0.29, 0.717) is 0 Å². The van der Waals surface area contributed by atoms with E-state index in [-0.39, 0.29) is 0 Å². The maximum absolute atomic E-state index is 2.34. The molecule has 7 heavy (non-hydrogen) atoms. The zero-order valence-electron chi connectivity index (χ0n) is 4.98. The summed E-state index contributed by atoms with van der Waals surface area (Å²) in [6.45, 7) is 4.66. The molecule has 0 N–H and O–H groups in total. The lowest BCUT2D eigenvalue weighted by Crippen LogP contribution is -2.00. The first kappa shape index (κ1) is 5.49. The fraction of sp³-hybridized carbons (Fsp3) is 1.00. The Morgan fingerprint density at radius 2 is 2.14 bits per heavy atom. The number of thioether (sulfide) groups is 1. The highest BCUT2D eigenvalue weighted by Gasteiger charge is 2.18. The lowest BCUT2D eigenvalue weighted by atomic mass is 10.1. The summed E-state index contributed by atoms with van der Waals surface area (Å²) in [5.41, 5.74) is 0. The van der Waals surface area contributed by atoms with Gasteiger partial charge < -0.3 is 0 Å². The van der Waals surface area contributed by atoms with Crippen molar-refractivity contribution >= 4 is 11.8 Å². The largest absolute Gasteiger partial charge is 0.159 e. The minimum Gasteiger partial charge on any atom is -0.159 e. The van der Waals surface area contributed by atoms with E-state index in [4.69, 9.17) is 0 Å². The van der Waals surface area contributed by atoms with Crippen LogP contribution in [-0.2, 0) is 0 Å². The summed E-state index contributed by atoms with van der Waals surface area (Å²) in [6.07, 6.45) is 1.44. The molecule has 0 aliphatic carbocycles. The molecule has 1 heterocycles. The van der Waals surface area contributed by atoms with Crippen molar-refractivity contribution < 1.29 is 0 Å². The van der Waals surface area contributed by atoms with Crippen LogP contribution in [0.15, 0.2) is 0 Å². The van der Waals surface area contributed by atoms with E-state index in [1.165, 1.54) is 12.2 Å². The monoisotopic (exact) mass is 116 g/mol. The van der Waals surface area contributed by atoms with Crippen LogP contribution in [0.1, 0.15) is 20.3 Å². The van der Waals surface area contributed by atoms with Gasteiger partial charge in [0.05, 0.1) is 0 Å². The maximum Gasteiger partial charge on any atom is 0.00446 e. The SMILES string of the molecule is CC1CCSC1C. The zero-order valence-corrected chi connectivity index (χ0v) is 5.79. The summed E-state index contributed by atoms with van der Waals surface area (Å²) in [4.78, 5) is 0. The van der Waals surface area contributed by atoms with Crippen molar-refractivity contribution in [1.82, 2.24) is 0 Å². The molecule has 1 rings (SSSR count). The van der Waals surface area contributed by atoms with Crippen molar-refractivity contribution in [1.29, 1.82) is 0 Å². The first-order valence-electron chi connectivity index (χ1n) is 2.92. The predicted octanol–water partition coefficient (Wildman–Crippen LogP) is 2.15. The van der Waals surface area contributed by atoms with Crippen molar-refractivity contribution in [3.05, 3.63) is 0 Å². The third kappa shape index (κ3) is 1.12. The van der Waals surface area contributed by atoms with Gasteiger partial charge >= 0.3 is 0 Å². The van der Waals surface area contributed by atoms with E-state index in [1.807, 2.05) is 0 Å². The molecule has 2 atom stereocenters. The molecular weight excluding hydrogens is 104 g/mol. The third-order valence-corrected chi connectivity index (χ3v) is 3.22. The highest BCUT2D eigenvalue weighted by molar-refractivity contribution is 8.00. The molecule has 0 radical (unpaired) electrons. The summed E-state index contributed by atoms with van der Waals surface area (Å²) >= 11 is 2.11. The Labute approximate surface area is 49.7 Å². The van der Waals surface area contributed by atoms with E-state index in [9.17, 15) is 0 Å².